The molecule has 0 spiro atoms. The van der Waals surface area contributed by atoms with Crippen molar-refractivity contribution in [1.82, 2.24) is 5.32 Å². The number of hydrogen-bond donors (Lipinski definition) is 3. The van der Waals surface area contributed by atoms with E-state index in [4.69, 9.17) is 4.74 Å². The van der Waals surface area contributed by atoms with Gasteiger partial charge in [0, 0.05) is 12.6 Å². The Labute approximate surface area is 121 Å². The minimum atomic E-state index is -0.605. The minimum Gasteiger partial charge on any atom is -0.503 e. The van der Waals surface area contributed by atoms with Crippen LogP contribution in [0.2, 0.25) is 0 Å². The summed E-state index contributed by atoms with van der Waals surface area (Å²) in [5.41, 5.74) is 0.729. The molecule has 106 valence electrons. The number of methoxy groups -OCH3 is 1. The Morgan fingerprint density at radius 1 is 1.42 bits per heavy atom. The lowest BCUT2D eigenvalue weighted by Gasteiger charge is -2.17. The largest absolute Gasteiger partial charge is 0.503 e. The van der Waals surface area contributed by atoms with E-state index in [1.54, 1.807) is 12.1 Å². The third kappa shape index (κ3) is 3.61. The van der Waals surface area contributed by atoms with Gasteiger partial charge in [-0.1, -0.05) is 12.8 Å². The topological polar surface area (TPSA) is 61.7 Å². The van der Waals surface area contributed by atoms with Gasteiger partial charge < -0.3 is 20.3 Å². The summed E-state index contributed by atoms with van der Waals surface area (Å²) in [6, 6.07) is 3.91. The molecule has 1 aliphatic rings. The second-order valence-corrected chi connectivity index (χ2v) is 5.81. The van der Waals surface area contributed by atoms with Crippen LogP contribution in [-0.4, -0.2) is 29.9 Å². The fourth-order valence-electron chi connectivity index (χ4n) is 2.47. The minimum absolute atomic E-state index is 0.0576. The molecule has 0 bridgehead atoms. The molecule has 1 aromatic rings. The molecule has 0 amide bonds. The van der Waals surface area contributed by atoms with E-state index in [0.29, 0.717) is 22.8 Å². The maximum absolute atomic E-state index is 10.2. The number of aromatic hydroxyl groups is 1. The van der Waals surface area contributed by atoms with Gasteiger partial charge in [0.25, 0.3) is 0 Å². The summed E-state index contributed by atoms with van der Waals surface area (Å²) in [7, 11) is 1.49. The Kier molecular flexibility index (Phi) is 5.07. The molecule has 5 heteroatoms. The molecule has 19 heavy (non-hydrogen) atoms. The van der Waals surface area contributed by atoms with Crippen molar-refractivity contribution in [3.63, 3.8) is 0 Å². The van der Waals surface area contributed by atoms with Crippen LogP contribution < -0.4 is 10.1 Å². The van der Waals surface area contributed by atoms with Crippen molar-refractivity contribution in [2.24, 2.45) is 0 Å². The summed E-state index contributed by atoms with van der Waals surface area (Å²) in [4.78, 5) is 0. The summed E-state index contributed by atoms with van der Waals surface area (Å²) >= 11 is 3.26. The Balaban J connectivity index is 2.01. The summed E-state index contributed by atoms with van der Waals surface area (Å²) < 4.78 is 5.61. The molecule has 1 aliphatic carbocycles. The molecule has 0 aromatic heterocycles. The Morgan fingerprint density at radius 2 is 2.11 bits per heavy atom. The van der Waals surface area contributed by atoms with Crippen LogP contribution in [0.15, 0.2) is 16.6 Å². The highest BCUT2D eigenvalue weighted by Crippen LogP contribution is 2.36. The molecule has 1 fully saturated rings. The summed E-state index contributed by atoms with van der Waals surface area (Å²) in [5, 5.41) is 23.3. The van der Waals surface area contributed by atoms with E-state index in [2.05, 4.69) is 21.2 Å². The smallest absolute Gasteiger partial charge is 0.172 e. The third-order valence-electron chi connectivity index (χ3n) is 3.61. The van der Waals surface area contributed by atoms with E-state index < -0.39 is 6.10 Å². The van der Waals surface area contributed by atoms with Crippen LogP contribution in [0, 0.1) is 0 Å². The van der Waals surface area contributed by atoms with Gasteiger partial charge in [0.2, 0.25) is 0 Å². The number of ether oxygens (including phenoxy) is 1. The van der Waals surface area contributed by atoms with Gasteiger partial charge in [0.05, 0.1) is 17.7 Å². The number of hydrogen-bond acceptors (Lipinski definition) is 4. The van der Waals surface area contributed by atoms with Crippen LogP contribution in [0.3, 0.4) is 0 Å². The highest BCUT2D eigenvalue weighted by atomic mass is 79.9. The van der Waals surface area contributed by atoms with E-state index in [1.165, 1.54) is 32.8 Å². The number of rotatable bonds is 5. The zero-order valence-corrected chi connectivity index (χ0v) is 12.6. The molecular formula is C14H20BrNO3. The predicted molar refractivity (Wildman–Crippen MR) is 77.6 cm³/mol. The van der Waals surface area contributed by atoms with Crippen LogP contribution in [0.1, 0.15) is 37.4 Å². The summed E-state index contributed by atoms with van der Waals surface area (Å²) in [5.74, 6) is 0.423. The lowest BCUT2D eigenvalue weighted by Crippen LogP contribution is -2.30. The highest BCUT2D eigenvalue weighted by molar-refractivity contribution is 9.10. The van der Waals surface area contributed by atoms with Crippen LogP contribution in [0.25, 0.3) is 0 Å². The van der Waals surface area contributed by atoms with Crippen molar-refractivity contribution in [3.05, 3.63) is 22.2 Å². The second-order valence-electron chi connectivity index (χ2n) is 4.96. The highest BCUT2D eigenvalue weighted by Gasteiger charge is 2.18. The molecule has 0 heterocycles. The van der Waals surface area contributed by atoms with E-state index in [0.717, 1.165) is 5.56 Å². The lowest BCUT2D eigenvalue weighted by molar-refractivity contribution is 0.169. The monoisotopic (exact) mass is 329 g/mol. The van der Waals surface area contributed by atoms with E-state index >= 15 is 0 Å². The second kappa shape index (κ2) is 6.59. The molecular weight excluding hydrogens is 310 g/mol. The van der Waals surface area contributed by atoms with Crippen molar-refractivity contribution < 1.29 is 14.9 Å². The van der Waals surface area contributed by atoms with Gasteiger partial charge >= 0.3 is 0 Å². The number of phenols is 1. The van der Waals surface area contributed by atoms with Crippen molar-refractivity contribution >= 4 is 15.9 Å². The first-order valence-electron chi connectivity index (χ1n) is 6.59. The van der Waals surface area contributed by atoms with Gasteiger partial charge in [-0.15, -0.1) is 0 Å². The number of nitrogens with one attached hydrogen (secondary N) is 1. The van der Waals surface area contributed by atoms with Gasteiger partial charge in [0.15, 0.2) is 11.5 Å². The van der Waals surface area contributed by atoms with E-state index in [-0.39, 0.29) is 5.75 Å². The lowest BCUT2D eigenvalue weighted by atomic mass is 10.1. The maximum atomic E-state index is 10.2. The van der Waals surface area contributed by atoms with E-state index in [9.17, 15) is 10.2 Å². The number of phenolic OH excluding ortho intramolecular Hbond substituents is 1. The predicted octanol–water partition coefficient (Wildman–Crippen LogP) is 2.73. The van der Waals surface area contributed by atoms with Gasteiger partial charge in [-0.3, -0.25) is 0 Å². The van der Waals surface area contributed by atoms with Crippen LogP contribution in [-0.2, 0) is 0 Å². The zero-order chi connectivity index (χ0) is 13.8. The van der Waals surface area contributed by atoms with Crippen LogP contribution >= 0.6 is 15.9 Å². The number of benzene rings is 1. The molecule has 1 aromatic carbocycles. The fourth-order valence-corrected chi connectivity index (χ4v) is 2.93. The van der Waals surface area contributed by atoms with Gasteiger partial charge in [-0.2, -0.15) is 0 Å². The van der Waals surface area contributed by atoms with Crippen LogP contribution in [0.5, 0.6) is 11.5 Å². The molecule has 0 aliphatic heterocycles. The number of aliphatic hydroxyl groups is 1. The zero-order valence-electron chi connectivity index (χ0n) is 11.0. The molecule has 0 radical (unpaired) electrons. The van der Waals surface area contributed by atoms with Crippen molar-refractivity contribution in [3.8, 4) is 11.5 Å². The molecule has 4 nitrogen and oxygen atoms in total. The van der Waals surface area contributed by atoms with Crippen molar-refractivity contribution in [2.75, 3.05) is 13.7 Å². The average molecular weight is 330 g/mol. The number of halogens is 1. The number of aliphatic hydroxyl groups excluding tert-OH is 1. The molecule has 1 saturated carbocycles. The summed E-state index contributed by atoms with van der Waals surface area (Å²) in [6.45, 7) is 0.519. The van der Waals surface area contributed by atoms with E-state index in [1.807, 2.05) is 0 Å². The third-order valence-corrected chi connectivity index (χ3v) is 4.21. The first kappa shape index (κ1) is 14.6. The van der Waals surface area contributed by atoms with Crippen molar-refractivity contribution in [1.29, 1.82) is 0 Å². The summed E-state index contributed by atoms with van der Waals surface area (Å²) in [6.07, 6.45) is 4.31. The maximum Gasteiger partial charge on any atom is 0.172 e. The first-order chi connectivity index (χ1) is 9.11. The van der Waals surface area contributed by atoms with Crippen LogP contribution in [0.4, 0.5) is 0 Å². The average Bonchev–Trinajstić information content (AvgIpc) is 2.92. The quantitative estimate of drug-likeness (QED) is 0.777. The molecule has 0 saturated heterocycles. The Bertz CT molecular complexity index is 433. The SMILES string of the molecule is COc1cc(C(O)CNC2CCCC2)cc(Br)c1O. The van der Waals surface area contributed by atoms with Gasteiger partial charge in [-0.25, -0.2) is 0 Å². The normalized spacial score (nSPS) is 17.6. The van der Waals surface area contributed by atoms with Gasteiger partial charge in [0.1, 0.15) is 0 Å². The molecule has 1 unspecified atom stereocenters. The molecule has 2 rings (SSSR count). The van der Waals surface area contributed by atoms with Gasteiger partial charge in [-0.05, 0) is 46.5 Å². The Morgan fingerprint density at radius 3 is 2.74 bits per heavy atom. The molecule has 1 atom stereocenters. The first-order valence-corrected chi connectivity index (χ1v) is 7.39. The van der Waals surface area contributed by atoms with Crippen molar-refractivity contribution in [2.45, 2.75) is 37.8 Å². The Hall–Kier alpha value is -0.780. The fraction of sp³-hybridized carbons (Fsp3) is 0.571. The molecule has 3 N–H and O–H groups in total. The standard InChI is InChI=1S/C14H20BrNO3/c1-19-13-7-9(6-11(15)14(13)18)12(17)8-16-10-4-2-3-5-10/h6-7,10,12,16-18H,2-5,8H2,1H3.